The summed E-state index contributed by atoms with van der Waals surface area (Å²) in [7, 11) is 1.60. The molecule has 0 saturated heterocycles. The molecule has 19 heavy (non-hydrogen) atoms. The van der Waals surface area contributed by atoms with Gasteiger partial charge in [-0.1, -0.05) is 18.2 Å². The van der Waals surface area contributed by atoms with E-state index in [1.165, 1.54) is 6.08 Å². The van der Waals surface area contributed by atoms with Crippen molar-refractivity contribution in [2.75, 3.05) is 13.7 Å². The average Bonchev–Trinajstić information content (AvgIpc) is 2.45. The van der Waals surface area contributed by atoms with Gasteiger partial charge < -0.3 is 9.47 Å². The summed E-state index contributed by atoms with van der Waals surface area (Å²) >= 11 is 0. The lowest BCUT2D eigenvalue weighted by Crippen LogP contribution is -1.96. The number of hydrogen-bond acceptors (Lipinski definition) is 3. The van der Waals surface area contributed by atoms with Gasteiger partial charge in [-0.3, -0.25) is 4.79 Å². The molecule has 0 aliphatic heterocycles. The lowest BCUT2D eigenvalue weighted by atomic mass is 10.1. The number of rotatable bonds is 7. The van der Waals surface area contributed by atoms with Crippen molar-refractivity contribution >= 4 is 12.4 Å². The van der Waals surface area contributed by atoms with Crippen molar-refractivity contribution in [1.82, 2.24) is 0 Å². The largest absolute Gasteiger partial charge is 0.497 e. The Bertz CT molecular complexity index is 485. The number of carbonyl (C=O) groups is 1. The van der Waals surface area contributed by atoms with Crippen LogP contribution in [0, 0.1) is 0 Å². The van der Waals surface area contributed by atoms with E-state index in [1.54, 1.807) is 13.2 Å². The summed E-state index contributed by atoms with van der Waals surface area (Å²) in [6, 6.07) is 5.47. The van der Waals surface area contributed by atoms with Crippen LogP contribution in [0.5, 0.6) is 11.5 Å². The molecule has 0 aromatic heterocycles. The van der Waals surface area contributed by atoms with Crippen molar-refractivity contribution in [2.24, 2.45) is 0 Å². The molecule has 3 nitrogen and oxygen atoms in total. The molecule has 0 N–H and O–H groups in total. The minimum atomic E-state index is 0.471. The second-order valence-corrected chi connectivity index (χ2v) is 3.66. The molecule has 100 valence electrons. The zero-order valence-corrected chi connectivity index (χ0v) is 11.2. The summed E-state index contributed by atoms with van der Waals surface area (Å²) in [6.45, 7) is 2.43. The van der Waals surface area contributed by atoms with Gasteiger partial charge in [0.05, 0.1) is 7.11 Å². The van der Waals surface area contributed by atoms with Crippen molar-refractivity contribution in [3.63, 3.8) is 0 Å². The van der Waals surface area contributed by atoms with Gasteiger partial charge in [0.2, 0.25) is 0 Å². The number of carbonyl (C=O) groups excluding carboxylic acids is 1. The van der Waals surface area contributed by atoms with E-state index in [0.717, 1.165) is 17.6 Å². The first-order chi connectivity index (χ1) is 9.31. The first-order valence-electron chi connectivity index (χ1n) is 6.02. The standard InChI is InChI=1S/C16H18O3/c1-3-4-5-6-12-19-16-10-9-15(18-2)13-14(16)8-7-11-17/h3-11,13H,12H2,1-2H3/b4-3?,6-5?,8-7+. The highest BCUT2D eigenvalue weighted by Gasteiger charge is 2.02. The van der Waals surface area contributed by atoms with Crippen LogP contribution in [0.25, 0.3) is 6.08 Å². The monoisotopic (exact) mass is 258 g/mol. The van der Waals surface area contributed by atoms with Crippen LogP contribution in [0.3, 0.4) is 0 Å². The van der Waals surface area contributed by atoms with Gasteiger partial charge in [0.15, 0.2) is 0 Å². The Kier molecular flexibility index (Phi) is 6.80. The fraction of sp³-hybridized carbons (Fsp3) is 0.188. The first kappa shape index (κ1) is 14.8. The van der Waals surface area contributed by atoms with E-state index < -0.39 is 0 Å². The Morgan fingerprint density at radius 3 is 2.74 bits per heavy atom. The molecule has 0 saturated carbocycles. The summed E-state index contributed by atoms with van der Waals surface area (Å²) in [4.78, 5) is 10.4. The Hall–Kier alpha value is -2.29. The third-order valence-corrected chi connectivity index (χ3v) is 2.35. The van der Waals surface area contributed by atoms with Crippen LogP contribution in [0.15, 0.2) is 48.6 Å². The van der Waals surface area contributed by atoms with Gasteiger partial charge in [-0.25, -0.2) is 0 Å². The number of allylic oxidation sites excluding steroid dienone is 4. The van der Waals surface area contributed by atoms with Crippen LogP contribution in [-0.2, 0) is 4.79 Å². The van der Waals surface area contributed by atoms with E-state index >= 15 is 0 Å². The van der Waals surface area contributed by atoms with E-state index in [4.69, 9.17) is 9.47 Å². The number of aldehydes is 1. The smallest absolute Gasteiger partial charge is 0.142 e. The van der Waals surface area contributed by atoms with E-state index in [2.05, 4.69) is 0 Å². The predicted octanol–water partition coefficient (Wildman–Crippen LogP) is 3.42. The lowest BCUT2D eigenvalue weighted by molar-refractivity contribution is -0.104. The van der Waals surface area contributed by atoms with Crippen LogP contribution in [-0.4, -0.2) is 20.0 Å². The van der Waals surface area contributed by atoms with Gasteiger partial charge in [-0.05, 0) is 43.4 Å². The van der Waals surface area contributed by atoms with Gasteiger partial charge in [-0.15, -0.1) is 0 Å². The van der Waals surface area contributed by atoms with Gasteiger partial charge in [0.1, 0.15) is 24.4 Å². The van der Waals surface area contributed by atoms with Crippen molar-refractivity contribution < 1.29 is 14.3 Å². The number of ether oxygens (including phenoxy) is 2. The quantitative estimate of drug-likeness (QED) is 0.427. The Morgan fingerprint density at radius 1 is 1.21 bits per heavy atom. The first-order valence-corrected chi connectivity index (χ1v) is 6.02. The molecule has 0 fully saturated rings. The molecule has 1 aromatic carbocycles. The Morgan fingerprint density at radius 2 is 2.05 bits per heavy atom. The lowest BCUT2D eigenvalue weighted by Gasteiger charge is -2.09. The highest BCUT2D eigenvalue weighted by molar-refractivity contribution is 5.75. The summed E-state index contributed by atoms with van der Waals surface area (Å²) in [5, 5.41) is 0. The number of hydrogen-bond donors (Lipinski definition) is 0. The molecule has 1 aromatic rings. The van der Waals surface area contributed by atoms with Crippen molar-refractivity contribution in [3.05, 3.63) is 54.1 Å². The molecule has 0 amide bonds. The van der Waals surface area contributed by atoms with Crippen LogP contribution in [0.1, 0.15) is 12.5 Å². The zero-order chi connectivity index (χ0) is 13.9. The fourth-order valence-electron chi connectivity index (χ4n) is 1.44. The van der Waals surface area contributed by atoms with E-state index in [-0.39, 0.29) is 0 Å². The maximum absolute atomic E-state index is 10.4. The van der Waals surface area contributed by atoms with E-state index in [0.29, 0.717) is 12.4 Å². The van der Waals surface area contributed by atoms with E-state index in [9.17, 15) is 4.79 Å². The van der Waals surface area contributed by atoms with Crippen LogP contribution in [0.4, 0.5) is 0 Å². The summed E-state index contributed by atoms with van der Waals surface area (Å²) in [5.74, 6) is 1.44. The zero-order valence-electron chi connectivity index (χ0n) is 11.2. The molecular weight excluding hydrogens is 240 g/mol. The second-order valence-electron chi connectivity index (χ2n) is 3.66. The second kappa shape index (κ2) is 8.75. The molecular formula is C16H18O3. The van der Waals surface area contributed by atoms with Gasteiger partial charge in [-0.2, -0.15) is 0 Å². The maximum atomic E-state index is 10.4. The van der Waals surface area contributed by atoms with Crippen molar-refractivity contribution in [1.29, 1.82) is 0 Å². The Labute approximate surface area is 113 Å². The topological polar surface area (TPSA) is 35.5 Å². The maximum Gasteiger partial charge on any atom is 0.142 e. The molecule has 0 aliphatic carbocycles. The van der Waals surface area contributed by atoms with Crippen molar-refractivity contribution in [2.45, 2.75) is 6.92 Å². The van der Waals surface area contributed by atoms with Gasteiger partial charge >= 0.3 is 0 Å². The minimum Gasteiger partial charge on any atom is -0.497 e. The van der Waals surface area contributed by atoms with E-state index in [1.807, 2.05) is 49.4 Å². The molecule has 0 unspecified atom stereocenters. The summed E-state index contributed by atoms with van der Waals surface area (Å²) < 4.78 is 10.8. The normalized spacial score (nSPS) is 11.5. The molecule has 0 atom stereocenters. The molecule has 3 heteroatoms. The van der Waals surface area contributed by atoms with Gasteiger partial charge in [0, 0.05) is 5.56 Å². The molecule has 0 heterocycles. The highest BCUT2D eigenvalue weighted by atomic mass is 16.5. The molecule has 0 radical (unpaired) electrons. The Balaban J connectivity index is 2.80. The molecule has 0 aliphatic rings. The fourth-order valence-corrected chi connectivity index (χ4v) is 1.44. The minimum absolute atomic E-state index is 0.471. The summed E-state index contributed by atoms with van der Waals surface area (Å²) in [5.41, 5.74) is 0.811. The number of benzene rings is 1. The molecule has 0 bridgehead atoms. The molecule has 1 rings (SSSR count). The summed E-state index contributed by atoms with van der Waals surface area (Å²) in [6.07, 6.45) is 11.6. The van der Waals surface area contributed by atoms with Gasteiger partial charge in [0.25, 0.3) is 0 Å². The average molecular weight is 258 g/mol. The van der Waals surface area contributed by atoms with Crippen molar-refractivity contribution in [3.8, 4) is 11.5 Å². The van der Waals surface area contributed by atoms with Crippen LogP contribution >= 0.6 is 0 Å². The third kappa shape index (κ3) is 5.25. The predicted molar refractivity (Wildman–Crippen MR) is 77.5 cm³/mol. The molecule has 0 spiro atoms. The number of methoxy groups -OCH3 is 1. The third-order valence-electron chi connectivity index (χ3n) is 2.35. The van der Waals surface area contributed by atoms with Crippen LogP contribution in [0.2, 0.25) is 0 Å². The van der Waals surface area contributed by atoms with Crippen LogP contribution < -0.4 is 9.47 Å². The highest BCUT2D eigenvalue weighted by Crippen LogP contribution is 2.25. The SMILES string of the molecule is CC=CC=CCOc1ccc(OC)cc1/C=C/C=O.